The summed E-state index contributed by atoms with van der Waals surface area (Å²) in [4.78, 5) is 29.0. The Hall–Kier alpha value is -2.42. The number of anilines is 2. The van der Waals surface area contributed by atoms with Crippen molar-refractivity contribution < 1.29 is 22.8 Å². The molecule has 1 saturated heterocycles. The molecule has 1 aliphatic carbocycles. The minimum absolute atomic E-state index is 0.0282. The number of aryl methyl sites for hydroxylation is 2. The van der Waals surface area contributed by atoms with E-state index in [1.165, 1.54) is 11.1 Å². The van der Waals surface area contributed by atoms with Crippen LogP contribution in [0.4, 0.5) is 24.0 Å². The molecule has 0 spiro atoms. The number of aromatic nitrogens is 1. The highest BCUT2D eigenvalue weighted by Crippen LogP contribution is 2.35. The smallest absolute Gasteiger partial charge is 0.312 e. The number of halogens is 3. The second kappa shape index (κ2) is 6.63. The second-order valence-electron chi connectivity index (χ2n) is 6.73. The van der Waals surface area contributed by atoms with Gasteiger partial charge < -0.3 is 10.2 Å². The highest BCUT2D eigenvalue weighted by Gasteiger charge is 2.37. The molecule has 0 radical (unpaired) electrons. The molecular weight excluding hydrogens is 379 g/mol. The molecule has 2 amide bonds. The van der Waals surface area contributed by atoms with Gasteiger partial charge in [-0.2, -0.15) is 13.2 Å². The Labute approximate surface area is 157 Å². The van der Waals surface area contributed by atoms with Crippen LogP contribution in [-0.2, 0) is 28.6 Å². The summed E-state index contributed by atoms with van der Waals surface area (Å²) in [5, 5.41) is 2.29. The number of thiazole rings is 1. The fraction of sp³-hybridized carbons (Fsp3) is 0.389. The predicted molar refractivity (Wildman–Crippen MR) is 94.7 cm³/mol. The van der Waals surface area contributed by atoms with E-state index in [-0.39, 0.29) is 24.0 Å². The fourth-order valence-electron chi connectivity index (χ4n) is 3.53. The maximum absolute atomic E-state index is 12.6. The number of carbonyl (C=O) groups is 2. The Bertz CT molecular complexity index is 909. The summed E-state index contributed by atoms with van der Waals surface area (Å²) < 4.78 is 37.9. The Kier molecular flexibility index (Phi) is 4.41. The van der Waals surface area contributed by atoms with E-state index in [4.69, 9.17) is 0 Å². The number of rotatable bonds is 3. The third-order valence-corrected chi connectivity index (χ3v) is 5.86. The van der Waals surface area contributed by atoms with Gasteiger partial charge in [-0.05, 0) is 42.5 Å². The number of hydrogen-bond donors (Lipinski definition) is 1. The molecule has 5 nitrogen and oxygen atoms in total. The van der Waals surface area contributed by atoms with Crippen LogP contribution in [0.5, 0.6) is 0 Å². The first-order valence-corrected chi connectivity index (χ1v) is 9.39. The second-order valence-corrected chi connectivity index (χ2v) is 7.76. The lowest BCUT2D eigenvalue weighted by Gasteiger charge is -2.17. The lowest BCUT2D eigenvalue weighted by atomic mass is 10.1. The number of nitrogens with one attached hydrogen (secondary N) is 1. The SMILES string of the molecule is O=C(Nc1ncc(C(F)(F)F)s1)C1CC(=O)N(c2ccc3c(c2)CCC3)C1. The third-order valence-electron chi connectivity index (χ3n) is 4.90. The van der Waals surface area contributed by atoms with Gasteiger partial charge in [0, 0.05) is 18.7 Å². The van der Waals surface area contributed by atoms with Gasteiger partial charge in [0.1, 0.15) is 4.88 Å². The van der Waals surface area contributed by atoms with Crippen LogP contribution in [-0.4, -0.2) is 23.3 Å². The number of fused-ring (bicyclic) bond motifs is 1. The first-order valence-electron chi connectivity index (χ1n) is 8.57. The Morgan fingerprint density at radius 1 is 1.26 bits per heavy atom. The van der Waals surface area contributed by atoms with Crippen LogP contribution in [0.15, 0.2) is 24.4 Å². The van der Waals surface area contributed by atoms with Crippen molar-refractivity contribution >= 4 is 34.0 Å². The minimum atomic E-state index is -4.49. The van der Waals surface area contributed by atoms with Crippen LogP contribution in [0.1, 0.15) is 28.8 Å². The number of benzene rings is 1. The van der Waals surface area contributed by atoms with Crippen molar-refractivity contribution in [3.8, 4) is 0 Å². The van der Waals surface area contributed by atoms with Crippen molar-refractivity contribution in [3.63, 3.8) is 0 Å². The van der Waals surface area contributed by atoms with E-state index in [1.807, 2.05) is 18.2 Å². The van der Waals surface area contributed by atoms with Gasteiger partial charge in [-0.1, -0.05) is 17.4 Å². The average molecular weight is 395 g/mol. The summed E-state index contributed by atoms with van der Waals surface area (Å²) in [5.41, 5.74) is 3.30. The van der Waals surface area contributed by atoms with E-state index in [0.29, 0.717) is 17.5 Å². The summed E-state index contributed by atoms with van der Waals surface area (Å²) in [6.45, 7) is 0.209. The highest BCUT2D eigenvalue weighted by molar-refractivity contribution is 7.15. The molecule has 2 heterocycles. The normalized spacial score (nSPS) is 19.4. The van der Waals surface area contributed by atoms with Gasteiger partial charge in [0.05, 0.1) is 12.1 Å². The van der Waals surface area contributed by atoms with Crippen molar-refractivity contribution in [2.75, 3.05) is 16.8 Å². The molecule has 27 heavy (non-hydrogen) atoms. The Morgan fingerprint density at radius 2 is 2.04 bits per heavy atom. The zero-order valence-corrected chi connectivity index (χ0v) is 15.0. The summed E-state index contributed by atoms with van der Waals surface area (Å²) >= 11 is 0.372. The van der Waals surface area contributed by atoms with Crippen LogP contribution in [0.3, 0.4) is 0 Å². The van der Waals surface area contributed by atoms with Crippen LogP contribution in [0, 0.1) is 5.92 Å². The van der Waals surface area contributed by atoms with Crippen LogP contribution in [0.2, 0.25) is 0 Å². The Balaban J connectivity index is 1.44. The van der Waals surface area contributed by atoms with Gasteiger partial charge in [0.2, 0.25) is 11.8 Å². The van der Waals surface area contributed by atoms with Crippen LogP contribution in [0.25, 0.3) is 0 Å². The van der Waals surface area contributed by atoms with Crippen molar-refractivity contribution in [2.24, 2.45) is 5.92 Å². The fourth-order valence-corrected chi connectivity index (χ4v) is 4.22. The summed E-state index contributed by atoms with van der Waals surface area (Å²) in [7, 11) is 0. The quantitative estimate of drug-likeness (QED) is 0.863. The number of hydrogen-bond acceptors (Lipinski definition) is 4. The number of nitrogens with zero attached hydrogens (tertiary/aromatic N) is 2. The summed E-state index contributed by atoms with van der Waals surface area (Å²) in [6.07, 6.45) is -0.639. The standard InChI is InChI=1S/C18H16F3N3O2S/c19-18(20,21)14-8-22-17(27-14)23-16(26)12-7-15(25)24(9-12)13-5-4-10-2-1-3-11(10)6-13/h4-6,8,12H,1-3,7,9H2,(H,22,23,26). The van der Waals surface area contributed by atoms with Crippen molar-refractivity contribution in [2.45, 2.75) is 31.9 Å². The lowest BCUT2D eigenvalue weighted by Crippen LogP contribution is -2.28. The van der Waals surface area contributed by atoms with E-state index >= 15 is 0 Å². The highest BCUT2D eigenvalue weighted by atomic mass is 32.1. The molecule has 2 aromatic rings. The van der Waals surface area contributed by atoms with Gasteiger partial charge >= 0.3 is 6.18 Å². The van der Waals surface area contributed by atoms with Gasteiger partial charge in [-0.3, -0.25) is 9.59 Å². The monoisotopic (exact) mass is 395 g/mol. The van der Waals surface area contributed by atoms with E-state index in [2.05, 4.69) is 10.3 Å². The van der Waals surface area contributed by atoms with E-state index in [9.17, 15) is 22.8 Å². The zero-order chi connectivity index (χ0) is 19.2. The molecular formula is C18H16F3N3O2S. The van der Waals surface area contributed by atoms with Gasteiger partial charge in [-0.25, -0.2) is 4.98 Å². The molecule has 2 aliphatic rings. The largest absolute Gasteiger partial charge is 0.427 e. The molecule has 1 atom stereocenters. The first kappa shape index (κ1) is 18.0. The first-order chi connectivity index (χ1) is 12.8. The molecule has 0 bridgehead atoms. The zero-order valence-electron chi connectivity index (χ0n) is 14.2. The van der Waals surface area contributed by atoms with Crippen LogP contribution < -0.4 is 10.2 Å². The Morgan fingerprint density at radius 3 is 2.78 bits per heavy atom. The van der Waals surface area contributed by atoms with Gasteiger partial charge in [-0.15, -0.1) is 0 Å². The van der Waals surface area contributed by atoms with E-state index in [1.54, 1.807) is 4.90 Å². The molecule has 1 N–H and O–H groups in total. The van der Waals surface area contributed by atoms with Gasteiger partial charge in [0.15, 0.2) is 5.13 Å². The average Bonchev–Trinajstić information content (AvgIpc) is 3.32. The molecule has 0 saturated carbocycles. The molecule has 1 aliphatic heterocycles. The molecule has 1 unspecified atom stereocenters. The molecule has 1 aromatic carbocycles. The topological polar surface area (TPSA) is 62.3 Å². The number of amides is 2. The minimum Gasteiger partial charge on any atom is -0.312 e. The molecule has 4 rings (SSSR count). The third kappa shape index (κ3) is 3.55. The maximum atomic E-state index is 12.6. The molecule has 142 valence electrons. The van der Waals surface area contributed by atoms with Gasteiger partial charge in [0.25, 0.3) is 0 Å². The van der Waals surface area contributed by atoms with E-state index < -0.39 is 22.9 Å². The summed E-state index contributed by atoms with van der Waals surface area (Å²) in [5.74, 6) is -1.28. The van der Waals surface area contributed by atoms with Crippen molar-refractivity contribution in [1.82, 2.24) is 4.98 Å². The predicted octanol–water partition coefficient (Wildman–Crippen LogP) is 3.64. The van der Waals surface area contributed by atoms with Crippen LogP contribution >= 0.6 is 11.3 Å². The maximum Gasteiger partial charge on any atom is 0.427 e. The van der Waals surface area contributed by atoms with Crippen molar-refractivity contribution in [1.29, 1.82) is 0 Å². The molecule has 1 aromatic heterocycles. The van der Waals surface area contributed by atoms with E-state index in [0.717, 1.165) is 24.9 Å². The lowest BCUT2D eigenvalue weighted by molar-refractivity contribution is -0.134. The molecule has 1 fully saturated rings. The molecule has 9 heteroatoms. The summed E-state index contributed by atoms with van der Waals surface area (Å²) in [6, 6.07) is 5.91. The number of alkyl halides is 3. The number of carbonyl (C=O) groups excluding carboxylic acids is 2. The van der Waals surface area contributed by atoms with Crippen molar-refractivity contribution in [3.05, 3.63) is 40.4 Å².